The number of nitrogens with zero attached hydrogens (tertiary/aromatic N) is 3. The Labute approximate surface area is 251 Å². The van der Waals surface area contributed by atoms with Crippen molar-refractivity contribution in [3.05, 3.63) is 95.1 Å². The van der Waals surface area contributed by atoms with Gasteiger partial charge in [-0.3, -0.25) is 9.80 Å². The fourth-order valence-electron chi connectivity index (χ4n) is 6.77. The van der Waals surface area contributed by atoms with E-state index in [1.165, 1.54) is 22.3 Å². The molecule has 1 spiro atoms. The lowest BCUT2D eigenvalue weighted by molar-refractivity contribution is 0.00454. The molecule has 0 aromatic heterocycles. The maximum atomic E-state index is 12.6. The summed E-state index contributed by atoms with van der Waals surface area (Å²) < 4.78 is 16.8. The molecule has 0 N–H and O–H groups in total. The van der Waals surface area contributed by atoms with Crippen molar-refractivity contribution in [2.24, 2.45) is 0 Å². The highest BCUT2D eigenvalue weighted by atomic mass is 16.6. The number of benzene rings is 3. The van der Waals surface area contributed by atoms with E-state index in [-0.39, 0.29) is 11.6 Å². The zero-order chi connectivity index (χ0) is 29.4. The maximum Gasteiger partial charge on any atom is 0.409 e. The Morgan fingerprint density at radius 2 is 1.45 bits per heavy atom. The highest BCUT2D eigenvalue weighted by molar-refractivity contribution is 5.67. The quantitative estimate of drug-likeness (QED) is 0.277. The summed E-state index contributed by atoms with van der Waals surface area (Å²) in [6.07, 6.45) is 3.56. The smallest absolute Gasteiger partial charge is 0.409 e. The van der Waals surface area contributed by atoms with Gasteiger partial charge in [-0.15, -0.1) is 0 Å². The van der Waals surface area contributed by atoms with Crippen LogP contribution in [0.2, 0.25) is 0 Å². The van der Waals surface area contributed by atoms with Gasteiger partial charge in [0.25, 0.3) is 0 Å². The largest absolute Gasteiger partial charge is 0.493 e. The SMILES string of the molecule is CCOC(=O)N1CCC2(CC1)c1cc(OC)c(OC)cc1CCN2CCCN(Cc1ccccc1)Cc1ccccc1. The predicted octanol–water partition coefficient (Wildman–Crippen LogP) is 6.10. The Morgan fingerprint density at radius 3 is 2.02 bits per heavy atom. The van der Waals surface area contributed by atoms with E-state index < -0.39 is 0 Å². The normalized spacial score (nSPS) is 16.3. The molecular formula is C35H45N3O4. The minimum atomic E-state index is -0.209. The molecule has 0 aliphatic carbocycles. The molecule has 2 heterocycles. The first kappa shape index (κ1) is 29.9. The highest BCUT2D eigenvalue weighted by Gasteiger charge is 2.46. The molecule has 1 fully saturated rings. The van der Waals surface area contributed by atoms with E-state index in [9.17, 15) is 4.79 Å². The summed E-state index contributed by atoms with van der Waals surface area (Å²) in [4.78, 5) is 19.7. The molecule has 7 heteroatoms. The zero-order valence-corrected chi connectivity index (χ0v) is 25.4. The van der Waals surface area contributed by atoms with Gasteiger partial charge in [0, 0.05) is 51.4 Å². The number of ether oxygens (including phenoxy) is 3. The zero-order valence-electron chi connectivity index (χ0n) is 25.4. The summed E-state index contributed by atoms with van der Waals surface area (Å²) in [5.41, 5.74) is 5.16. The molecule has 7 nitrogen and oxygen atoms in total. The van der Waals surface area contributed by atoms with Crippen LogP contribution in [0.1, 0.15) is 48.4 Å². The minimum Gasteiger partial charge on any atom is -0.493 e. The number of methoxy groups -OCH3 is 2. The molecule has 0 bridgehead atoms. The second-order valence-corrected chi connectivity index (χ2v) is 11.4. The van der Waals surface area contributed by atoms with Crippen molar-refractivity contribution >= 4 is 6.09 Å². The van der Waals surface area contributed by atoms with Crippen LogP contribution in [0.4, 0.5) is 4.79 Å². The van der Waals surface area contributed by atoms with Crippen molar-refractivity contribution in [1.82, 2.24) is 14.7 Å². The van der Waals surface area contributed by atoms with E-state index in [0.717, 1.165) is 69.9 Å². The summed E-state index contributed by atoms with van der Waals surface area (Å²) in [7, 11) is 3.40. The minimum absolute atomic E-state index is 0.153. The average molecular weight is 572 g/mol. The van der Waals surface area contributed by atoms with Gasteiger partial charge in [0.2, 0.25) is 0 Å². The molecular weight excluding hydrogens is 526 g/mol. The van der Waals surface area contributed by atoms with Crippen LogP contribution in [0.15, 0.2) is 72.8 Å². The summed E-state index contributed by atoms with van der Waals surface area (Å²) in [5.74, 6) is 1.54. The Hall–Kier alpha value is -3.55. The van der Waals surface area contributed by atoms with Crippen LogP contribution < -0.4 is 9.47 Å². The first-order valence-corrected chi connectivity index (χ1v) is 15.3. The first-order valence-electron chi connectivity index (χ1n) is 15.3. The van der Waals surface area contributed by atoms with Crippen molar-refractivity contribution in [2.75, 3.05) is 53.6 Å². The molecule has 0 radical (unpaired) electrons. The highest BCUT2D eigenvalue weighted by Crippen LogP contribution is 2.47. The standard InChI is InChI=1S/C35H45N3O4/c1-4-42-34(39)37-22-17-35(18-23-37)31-25-33(41-3)32(40-2)24-30(31)16-21-38(35)20-11-19-36(26-28-12-7-5-8-13-28)27-29-14-9-6-10-15-29/h5-10,12-15,24-25H,4,11,16-23,26-27H2,1-3H3. The van der Waals surface area contributed by atoms with E-state index >= 15 is 0 Å². The van der Waals surface area contributed by atoms with Gasteiger partial charge in [0.1, 0.15) is 0 Å². The van der Waals surface area contributed by atoms with Crippen molar-refractivity contribution in [3.8, 4) is 11.5 Å². The molecule has 42 heavy (non-hydrogen) atoms. The number of likely N-dealkylation sites (tertiary alicyclic amines) is 1. The molecule has 2 aliphatic heterocycles. The van der Waals surface area contributed by atoms with Crippen LogP contribution in [-0.2, 0) is 29.8 Å². The molecule has 1 saturated heterocycles. The molecule has 3 aromatic carbocycles. The second-order valence-electron chi connectivity index (χ2n) is 11.4. The lowest BCUT2D eigenvalue weighted by Crippen LogP contribution is -2.57. The van der Waals surface area contributed by atoms with Gasteiger partial charge in [0.15, 0.2) is 11.5 Å². The Bertz CT molecular complexity index is 1250. The summed E-state index contributed by atoms with van der Waals surface area (Å²) in [5, 5.41) is 0. The number of hydrogen-bond acceptors (Lipinski definition) is 6. The number of carbonyl (C=O) groups is 1. The van der Waals surface area contributed by atoms with Gasteiger partial charge in [-0.25, -0.2) is 4.79 Å². The van der Waals surface area contributed by atoms with Crippen molar-refractivity contribution < 1.29 is 19.0 Å². The topological polar surface area (TPSA) is 54.5 Å². The predicted molar refractivity (Wildman–Crippen MR) is 166 cm³/mol. The van der Waals surface area contributed by atoms with Crippen molar-refractivity contribution in [1.29, 1.82) is 0 Å². The number of rotatable bonds is 11. The van der Waals surface area contributed by atoms with Crippen molar-refractivity contribution in [2.45, 2.75) is 51.2 Å². The van der Waals surface area contributed by atoms with Gasteiger partial charge in [0.05, 0.1) is 20.8 Å². The molecule has 0 saturated carbocycles. The maximum absolute atomic E-state index is 12.6. The Morgan fingerprint density at radius 1 is 0.857 bits per heavy atom. The van der Waals surface area contributed by atoms with E-state index in [1.54, 1.807) is 14.2 Å². The van der Waals surface area contributed by atoms with Gasteiger partial charge < -0.3 is 19.1 Å². The molecule has 0 atom stereocenters. The van der Waals surface area contributed by atoms with Crippen LogP contribution in [0.25, 0.3) is 0 Å². The number of fused-ring (bicyclic) bond motifs is 2. The van der Waals surface area contributed by atoms with Crippen LogP contribution >= 0.6 is 0 Å². The monoisotopic (exact) mass is 571 g/mol. The Balaban J connectivity index is 1.35. The van der Waals surface area contributed by atoms with Gasteiger partial charge in [-0.2, -0.15) is 0 Å². The van der Waals surface area contributed by atoms with E-state index in [0.29, 0.717) is 19.7 Å². The third kappa shape index (κ3) is 6.74. The van der Waals surface area contributed by atoms with E-state index in [2.05, 4.69) is 82.6 Å². The molecule has 1 amide bonds. The molecule has 3 aromatic rings. The molecule has 2 aliphatic rings. The third-order valence-electron chi connectivity index (χ3n) is 8.88. The summed E-state index contributed by atoms with van der Waals surface area (Å²) in [6, 6.07) is 25.9. The fraction of sp³-hybridized carbons (Fsp3) is 0.457. The first-order chi connectivity index (χ1) is 20.6. The van der Waals surface area contributed by atoms with Crippen LogP contribution in [-0.4, -0.2) is 74.3 Å². The summed E-state index contributed by atoms with van der Waals surface area (Å²) in [6.45, 7) is 8.45. The van der Waals surface area contributed by atoms with Crippen LogP contribution in [0, 0.1) is 0 Å². The second kappa shape index (κ2) is 14.1. The molecule has 0 unspecified atom stereocenters. The van der Waals surface area contributed by atoms with Crippen LogP contribution in [0.5, 0.6) is 11.5 Å². The third-order valence-corrected chi connectivity index (χ3v) is 8.88. The molecule has 224 valence electrons. The lowest BCUT2D eigenvalue weighted by atomic mass is 9.74. The Kier molecular flexibility index (Phi) is 10.0. The average Bonchev–Trinajstić information content (AvgIpc) is 3.03. The van der Waals surface area contributed by atoms with Gasteiger partial charge in [-0.05, 0) is 67.0 Å². The van der Waals surface area contributed by atoms with E-state index in [1.807, 2.05) is 11.8 Å². The number of carbonyl (C=O) groups excluding carboxylic acids is 1. The lowest BCUT2D eigenvalue weighted by Gasteiger charge is -2.52. The summed E-state index contributed by atoms with van der Waals surface area (Å²) >= 11 is 0. The molecule has 5 rings (SSSR count). The van der Waals surface area contributed by atoms with Crippen LogP contribution in [0.3, 0.4) is 0 Å². The number of amides is 1. The fourth-order valence-corrected chi connectivity index (χ4v) is 6.77. The van der Waals surface area contributed by atoms with Gasteiger partial charge in [-0.1, -0.05) is 60.7 Å². The van der Waals surface area contributed by atoms with Crippen molar-refractivity contribution in [3.63, 3.8) is 0 Å². The van der Waals surface area contributed by atoms with E-state index in [4.69, 9.17) is 14.2 Å². The van der Waals surface area contributed by atoms with Gasteiger partial charge >= 0.3 is 6.09 Å². The number of hydrogen-bond donors (Lipinski definition) is 0. The number of piperidine rings is 1.